The molecule has 1 aromatic rings. The van der Waals surface area contributed by atoms with Crippen molar-refractivity contribution in [2.45, 2.75) is 96.1 Å². The van der Waals surface area contributed by atoms with Crippen LogP contribution in [0.3, 0.4) is 0 Å². The van der Waals surface area contributed by atoms with Crippen molar-refractivity contribution in [2.24, 2.45) is 11.8 Å². The van der Waals surface area contributed by atoms with Gasteiger partial charge in [0, 0.05) is 23.9 Å². The Balaban J connectivity index is 1.68. The first-order valence-corrected chi connectivity index (χ1v) is 13.2. The van der Waals surface area contributed by atoms with Crippen molar-refractivity contribution in [1.29, 1.82) is 0 Å². The second kappa shape index (κ2) is 10.5. The Morgan fingerprint density at radius 1 is 1.06 bits per heavy atom. The minimum Gasteiger partial charge on any atom is -0.477 e. The van der Waals surface area contributed by atoms with Gasteiger partial charge in [0.1, 0.15) is 4.88 Å². The van der Waals surface area contributed by atoms with Gasteiger partial charge in [-0.3, -0.25) is 4.79 Å². The molecule has 0 spiro atoms. The van der Waals surface area contributed by atoms with Gasteiger partial charge in [0.05, 0.1) is 11.8 Å². The van der Waals surface area contributed by atoms with E-state index in [1.807, 2.05) is 11.0 Å². The van der Waals surface area contributed by atoms with Gasteiger partial charge in [0.25, 0.3) is 0 Å². The highest BCUT2D eigenvalue weighted by Crippen LogP contribution is 2.42. The lowest BCUT2D eigenvalue weighted by Crippen LogP contribution is -2.47. The molecule has 0 atom stereocenters. The summed E-state index contributed by atoms with van der Waals surface area (Å²) in [4.78, 5) is 29.4. The highest BCUT2D eigenvalue weighted by Gasteiger charge is 2.37. The number of hydrogen-bond acceptors (Lipinski definition) is 4. The number of allylic oxidation sites excluding steroid dienone is 2. The number of carboxylic acids is 1. The molecule has 2 saturated carbocycles. The molecule has 0 unspecified atom stereocenters. The standard InChI is InChI=1S/C26H37NO4S/c1-17-8-10-19(11-9-17)25(28)27(20-12-14-21(31-2)15-13-20)22-16-23(32-24(22)26(29)30)18-6-4-3-5-7-18/h6,16-17,19-21H,3-5,7-15H2,1-2H3,(H,29,30)/t17-,19-,20-,21+. The van der Waals surface area contributed by atoms with Crippen molar-refractivity contribution in [2.75, 3.05) is 12.0 Å². The number of aromatic carboxylic acids is 1. The molecule has 0 bridgehead atoms. The Hall–Kier alpha value is -1.66. The fourth-order valence-corrected chi connectivity index (χ4v) is 6.73. The molecular formula is C26H37NO4S. The number of nitrogens with zero attached hydrogens (tertiary/aromatic N) is 1. The molecule has 0 aromatic carbocycles. The Kier molecular flexibility index (Phi) is 7.72. The van der Waals surface area contributed by atoms with Crippen LogP contribution >= 0.6 is 11.3 Å². The zero-order valence-corrected chi connectivity index (χ0v) is 20.3. The normalized spacial score (nSPS) is 28.8. The molecular weight excluding hydrogens is 422 g/mol. The van der Waals surface area contributed by atoms with Crippen LogP contribution < -0.4 is 4.90 Å². The van der Waals surface area contributed by atoms with Crippen molar-refractivity contribution in [1.82, 2.24) is 0 Å². The van der Waals surface area contributed by atoms with E-state index in [4.69, 9.17) is 4.74 Å². The van der Waals surface area contributed by atoms with Gasteiger partial charge < -0.3 is 14.7 Å². The highest BCUT2D eigenvalue weighted by atomic mass is 32.1. The number of carbonyl (C=O) groups is 2. The molecule has 0 saturated heterocycles. The number of carbonyl (C=O) groups excluding carboxylic acids is 1. The molecule has 5 nitrogen and oxygen atoms in total. The van der Waals surface area contributed by atoms with E-state index < -0.39 is 5.97 Å². The maximum absolute atomic E-state index is 13.9. The molecule has 32 heavy (non-hydrogen) atoms. The monoisotopic (exact) mass is 459 g/mol. The molecule has 0 aliphatic heterocycles. The zero-order valence-electron chi connectivity index (χ0n) is 19.5. The van der Waals surface area contributed by atoms with Crippen LogP contribution in [0.5, 0.6) is 0 Å². The van der Waals surface area contributed by atoms with E-state index in [1.165, 1.54) is 23.3 Å². The van der Waals surface area contributed by atoms with E-state index in [0.29, 0.717) is 16.5 Å². The quantitative estimate of drug-likeness (QED) is 0.526. The van der Waals surface area contributed by atoms with Crippen molar-refractivity contribution < 1.29 is 19.4 Å². The van der Waals surface area contributed by atoms with Gasteiger partial charge in [-0.1, -0.05) is 13.0 Å². The fraction of sp³-hybridized carbons (Fsp3) is 0.692. The number of methoxy groups -OCH3 is 1. The first kappa shape index (κ1) is 23.5. The Morgan fingerprint density at radius 2 is 1.78 bits per heavy atom. The summed E-state index contributed by atoms with van der Waals surface area (Å²) in [7, 11) is 1.75. The summed E-state index contributed by atoms with van der Waals surface area (Å²) in [5, 5.41) is 10.1. The molecule has 1 amide bonds. The fourth-order valence-electron chi connectivity index (χ4n) is 5.67. The lowest BCUT2D eigenvalue weighted by Gasteiger charge is -2.39. The van der Waals surface area contributed by atoms with E-state index in [2.05, 4.69) is 13.0 Å². The van der Waals surface area contributed by atoms with Gasteiger partial charge in [0.2, 0.25) is 5.91 Å². The SMILES string of the molecule is CO[C@H]1CC[C@@H](N(c2cc(C3=CCCCC3)sc2C(=O)O)C(=O)[C@H]2CC[C@H](C)CC2)CC1. The first-order valence-electron chi connectivity index (χ1n) is 12.4. The first-order chi connectivity index (χ1) is 15.5. The van der Waals surface area contributed by atoms with Crippen LogP contribution in [-0.2, 0) is 9.53 Å². The Labute approximate surface area is 195 Å². The lowest BCUT2D eigenvalue weighted by atomic mass is 9.81. The van der Waals surface area contributed by atoms with Crippen molar-refractivity contribution in [3.8, 4) is 0 Å². The smallest absolute Gasteiger partial charge is 0.348 e. The minimum absolute atomic E-state index is 0.00485. The maximum atomic E-state index is 13.9. The van der Waals surface area contributed by atoms with Gasteiger partial charge in [-0.2, -0.15) is 0 Å². The van der Waals surface area contributed by atoms with Gasteiger partial charge in [-0.25, -0.2) is 4.79 Å². The number of anilines is 1. The number of hydrogen-bond donors (Lipinski definition) is 1. The van der Waals surface area contributed by atoms with Gasteiger partial charge >= 0.3 is 5.97 Å². The predicted octanol–water partition coefficient (Wildman–Crippen LogP) is 6.52. The second-order valence-corrected chi connectivity index (χ2v) is 11.0. The molecule has 0 radical (unpaired) electrons. The molecule has 1 aromatic heterocycles. The van der Waals surface area contributed by atoms with Crippen LogP contribution in [-0.4, -0.2) is 36.2 Å². The number of carboxylic acid groups (broad SMARTS) is 1. The van der Waals surface area contributed by atoms with Crippen molar-refractivity contribution in [3.05, 3.63) is 21.9 Å². The van der Waals surface area contributed by atoms with Crippen LogP contribution in [0.4, 0.5) is 5.69 Å². The van der Waals surface area contributed by atoms with Gasteiger partial charge in [-0.05, 0) is 94.6 Å². The van der Waals surface area contributed by atoms with Crippen molar-refractivity contribution in [3.63, 3.8) is 0 Å². The van der Waals surface area contributed by atoms with E-state index in [9.17, 15) is 14.7 Å². The number of amides is 1. The van der Waals surface area contributed by atoms with Gasteiger partial charge in [-0.15, -0.1) is 11.3 Å². The van der Waals surface area contributed by atoms with E-state index in [-0.39, 0.29) is 24.0 Å². The van der Waals surface area contributed by atoms with Crippen LogP contribution in [0.25, 0.3) is 5.57 Å². The summed E-state index contributed by atoms with van der Waals surface area (Å²) in [6.07, 6.45) is 14.4. The summed E-state index contributed by atoms with van der Waals surface area (Å²) in [5.41, 5.74) is 1.88. The third kappa shape index (κ3) is 5.12. The summed E-state index contributed by atoms with van der Waals surface area (Å²) in [6.45, 7) is 2.26. The van der Waals surface area contributed by atoms with Crippen LogP contribution in [0.2, 0.25) is 0 Å². The molecule has 176 valence electrons. The molecule has 6 heteroatoms. The topological polar surface area (TPSA) is 66.8 Å². The Morgan fingerprint density at radius 3 is 2.38 bits per heavy atom. The third-order valence-electron chi connectivity index (χ3n) is 7.72. The Bertz CT molecular complexity index is 844. The predicted molar refractivity (Wildman–Crippen MR) is 129 cm³/mol. The van der Waals surface area contributed by atoms with E-state index >= 15 is 0 Å². The van der Waals surface area contributed by atoms with E-state index in [0.717, 1.165) is 75.5 Å². The van der Waals surface area contributed by atoms with Crippen LogP contribution in [0.15, 0.2) is 12.1 Å². The average Bonchev–Trinajstić information content (AvgIpc) is 3.26. The van der Waals surface area contributed by atoms with Gasteiger partial charge in [0.15, 0.2) is 0 Å². The second-order valence-electron chi connectivity index (χ2n) is 9.94. The summed E-state index contributed by atoms with van der Waals surface area (Å²) in [5.74, 6) is -0.106. The molecule has 1 heterocycles. The number of ether oxygens (including phenoxy) is 1. The third-order valence-corrected chi connectivity index (χ3v) is 8.91. The molecule has 1 N–H and O–H groups in total. The minimum atomic E-state index is -0.923. The number of thiophene rings is 1. The average molecular weight is 460 g/mol. The highest BCUT2D eigenvalue weighted by molar-refractivity contribution is 7.15. The maximum Gasteiger partial charge on any atom is 0.348 e. The van der Waals surface area contributed by atoms with E-state index in [1.54, 1.807) is 7.11 Å². The van der Waals surface area contributed by atoms with Crippen molar-refractivity contribution >= 4 is 34.5 Å². The summed E-state index contributed by atoms with van der Waals surface area (Å²) in [6, 6.07) is 2.06. The van der Waals surface area contributed by atoms with Crippen LogP contribution in [0, 0.1) is 11.8 Å². The largest absolute Gasteiger partial charge is 0.477 e. The molecule has 4 rings (SSSR count). The lowest BCUT2D eigenvalue weighted by molar-refractivity contribution is -0.124. The molecule has 2 fully saturated rings. The zero-order chi connectivity index (χ0) is 22.7. The molecule has 3 aliphatic carbocycles. The summed E-state index contributed by atoms with van der Waals surface area (Å²) < 4.78 is 5.56. The molecule has 3 aliphatic rings. The number of rotatable bonds is 6. The van der Waals surface area contributed by atoms with Crippen LogP contribution in [0.1, 0.15) is 98.5 Å². The summed E-state index contributed by atoms with van der Waals surface area (Å²) >= 11 is 1.35.